The fourth-order valence-electron chi connectivity index (χ4n) is 2.39. The topological polar surface area (TPSA) is 20.3 Å². The number of nitrogens with zero attached hydrogens (tertiary/aromatic N) is 1. The van der Waals surface area contributed by atoms with Gasteiger partial charge in [0.05, 0.1) is 6.54 Å². The zero-order valence-corrected chi connectivity index (χ0v) is 11.9. The first kappa shape index (κ1) is 13.1. The van der Waals surface area contributed by atoms with Crippen molar-refractivity contribution in [3.8, 4) is 0 Å². The lowest BCUT2D eigenvalue weighted by atomic mass is 9.88. The third-order valence-electron chi connectivity index (χ3n) is 3.81. The van der Waals surface area contributed by atoms with Crippen molar-refractivity contribution in [2.24, 2.45) is 5.41 Å². The van der Waals surface area contributed by atoms with Crippen molar-refractivity contribution in [1.29, 1.82) is 0 Å². The van der Waals surface area contributed by atoms with E-state index in [1.165, 1.54) is 11.3 Å². The molecule has 0 N–H and O–H groups in total. The molecule has 2 nitrogen and oxygen atoms in total. The van der Waals surface area contributed by atoms with Crippen LogP contribution in [0.15, 0.2) is 24.3 Å². The molecule has 0 saturated heterocycles. The number of anilines is 1. The predicted octanol–water partition coefficient (Wildman–Crippen LogP) is 3.62. The van der Waals surface area contributed by atoms with Crippen LogP contribution in [0.1, 0.15) is 45.6 Å². The van der Waals surface area contributed by atoms with E-state index in [1.807, 2.05) is 20.8 Å². The number of para-hydroxylation sites is 1. The van der Waals surface area contributed by atoms with Crippen LogP contribution in [0.2, 0.25) is 0 Å². The molecule has 0 aliphatic carbocycles. The molecule has 98 valence electrons. The van der Waals surface area contributed by atoms with Gasteiger partial charge in [0, 0.05) is 17.6 Å². The summed E-state index contributed by atoms with van der Waals surface area (Å²) in [7, 11) is 0. The summed E-state index contributed by atoms with van der Waals surface area (Å²) in [4.78, 5) is 14.4. The standard InChI is InChI=1S/C16H23NO/c1-12-9-10-17(11-15(18)16(2,3)4)14-8-6-5-7-13(12)14/h5-8,12H,9-11H2,1-4H3. The van der Waals surface area contributed by atoms with Crippen molar-refractivity contribution < 1.29 is 4.79 Å². The van der Waals surface area contributed by atoms with Crippen molar-refractivity contribution in [3.63, 3.8) is 0 Å². The Morgan fingerprint density at radius 1 is 1.33 bits per heavy atom. The predicted molar refractivity (Wildman–Crippen MR) is 76.1 cm³/mol. The van der Waals surface area contributed by atoms with E-state index in [2.05, 4.69) is 36.1 Å². The summed E-state index contributed by atoms with van der Waals surface area (Å²) in [5.41, 5.74) is 2.37. The summed E-state index contributed by atoms with van der Waals surface area (Å²) >= 11 is 0. The van der Waals surface area contributed by atoms with Gasteiger partial charge >= 0.3 is 0 Å². The van der Waals surface area contributed by atoms with Gasteiger partial charge in [-0.25, -0.2) is 0 Å². The summed E-state index contributed by atoms with van der Waals surface area (Å²) in [5, 5.41) is 0. The van der Waals surface area contributed by atoms with Crippen LogP contribution in [0.4, 0.5) is 5.69 Å². The number of hydrogen-bond acceptors (Lipinski definition) is 2. The van der Waals surface area contributed by atoms with Crippen LogP contribution in [0.25, 0.3) is 0 Å². The number of carbonyl (C=O) groups excluding carboxylic acids is 1. The Labute approximate surface area is 110 Å². The second kappa shape index (κ2) is 4.75. The van der Waals surface area contributed by atoms with E-state index >= 15 is 0 Å². The third-order valence-corrected chi connectivity index (χ3v) is 3.81. The van der Waals surface area contributed by atoms with Crippen LogP contribution in [0, 0.1) is 5.41 Å². The number of hydrogen-bond donors (Lipinski definition) is 0. The molecule has 1 aliphatic rings. The molecule has 1 aromatic carbocycles. The van der Waals surface area contributed by atoms with E-state index in [0.29, 0.717) is 18.2 Å². The van der Waals surface area contributed by atoms with Gasteiger partial charge in [0.1, 0.15) is 0 Å². The molecule has 0 aromatic heterocycles. The molecular formula is C16H23NO. The van der Waals surface area contributed by atoms with Gasteiger partial charge in [-0.3, -0.25) is 4.79 Å². The van der Waals surface area contributed by atoms with E-state index in [9.17, 15) is 4.79 Å². The lowest BCUT2D eigenvalue weighted by Gasteiger charge is -2.35. The maximum atomic E-state index is 12.2. The molecule has 1 aliphatic heterocycles. The lowest BCUT2D eigenvalue weighted by Crippen LogP contribution is -2.39. The van der Waals surface area contributed by atoms with Crippen LogP contribution in [0.5, 0.6) is 0 Å². The summed E-state index contributed by atoms with van der Waals surface area (Å²) < 4.78 is 0. The first-order chi connectivity index (χ1) is 8.39. The van der Waals surface area contributed by atoms with Gasteiger partial charge in [0.15, 0.2) is 5.78 Å². The Hall–Kier alpha value is -1.31. The van der Waals surface area contributed by atoms with E-state index in [1.54, 1.807) is 0 Å². The fourth-order valence-corrected chi connectivity index (χ4v) is 2.39. The van der Waals surface area contributed by atoms with Crippen molar-refractivity contribution in [2.75, 3.05) is 18.0 Å². The molecule has 1 aromatic rings. The first-order valence-corrected chi connectivity index (χ1v) is 6.77. The summed E-state index contributed by atoms with van der Waals surface area (Å²) in [6.45, 7) is 9.77. The molecule has 1 unspecified atom stereocenters. The minimum absolute atomic E-state index is 0.252. The van der Waals surface area contributed by atoms with Crippen LogP contribution >= 0.6 is 0 Å². The molecule has 1 atom stereocenters. The van der Waals surface area contributed by atoms with Crippen LogP contribution in [-0.2, 0) is 4.79 Å². The Kier molecular flexibility index (Phi) is 3.47. The molecule has 0 spiro atoms. The molecule has 18 heavy (non-hydrogen) atoms. The average Bonchev–Trinajstić information content (AvgIpc) is 2.32. The van der Waals surface area contributed by atoms with Crippen LogP contribution < -0.4 is 4.90 Å². The number of rotatable bonds is 2. The van der Waals surface area contributed by atoms with Gasteiger partial charge < -0.3 is 4.90 Å². The van der Waals surface area contributed by atoms with Crippen LogP contribution in [0.3, 0.4) is 0 Å². The monoisotopic (exact) mass is 245 g/mol. The second-order valence-corrected chi connectivity index (χ2v) is 6.34. The molecule has 2 rings (SSSR count). The molecule has 2 heteroatoms. The van der Waals surface area contributed by atoms with Gasteiger partial charge in [-0.2, -0.15) is 0 Å². The number of ketones is 1. The molecule has 0 fully saturated rings. The van der Waals surface area contributed by atoms with Crippen molar-refractivity contribution in [3.05, 3.63) is 29.8 Å². The first-order valence-electron chi connectivity index (χ1n) is 6.77. The highest BCUT2D eigenvalue weighted by Crippen LogP contribution is 2.34. The zero-order chi connectivity index (χ0) is 13.3. The van der Waals surface area contributed by atoms with Crippen LogP contribution in [-0.4, -0.2) is 18.9 Å². The average molecular weight is 245 g/mol. The molecule has 1 heterocycles. The summed E-state index contributed by atoms with van der Waals surface area (Å²) in [5.74, 6) is 0.911. The van der Waals surface area contributed by atoms with Gasteiger partial charge in [-0.05, 0) is 24.0 Å². The largest absolute Gasteiger partial charge is 0.364 e. The van der Waals surface area contributed by atoms with Gasteiger partial charge in [0.2, 0.25) is 0 Å². The Morgan fingerprint density at radius 3 is 2.67 bits per heavy atom. The number of Topliss-reactive ketones (excluding diaryl/α,β-unsaturated/α-hetero) is 1. The van der Waals surface area contributed by atoms with E-state index in [-0.39, 0.29) is 5.41 Å². The Morgan fingerprint density at radius 2 is 2.00 bits per heavy atom. The minimum Gasteiger partial charge on any atom is -0.364 e. The highest BCUT2D eigenvalue weighted by molar-refractivity contribution is 5.88. The van der Waals surface area contributed by atoms with Gasteiger partial charge in [-0.1, -0.05) is 45.9 Å². The highest BCUT2D eigenvalue weighted by atomic mass is 16.1. The van der Waals surface area contributed by atoms with Crippen molar-refractivity contribution in [1.82, 2.24) is 0 Å². The highest BCUT2D eigenvalue weighted by Gasteiger charge is 2.27. The number of benzene rings is 1. The molecule has 0 radical (unpaired) electrons. The van der Waals surface area contributed by atoms with E-state index in [0.717, 1.165) is 13.0 Å². The second-order valence-electron chi connectivity index (χ2n) is 6.34. The maximum absolute atomic E-state index is 12.2. The number of fused-ring (bicyclic) bond motifs is 1. The molecule has 0 saturated carbocycles. The smallest absolute Gasteiger partial charge is 0.157 e. The molecule has 0 bridgehead atoms. The molecule has 0 amide bonds. The quantitative estimate of drug-likeness (QED) is 0.793. The minimum atomic E-state index is -0.252. The van der Waals surface area contributed by atoms with Crippen molar-refractivity contribution >= 4 is 11.5 Å². The van der Waals surface area contributed by atoms with Gasteiger partial charge in [-0.15, -0.1) is 0 Å². The van der Waals surface area contributed by atoms with Crippen molar-refractivity contribution in [2.45, 2.75) is 40.0 Å². The van der Waals surface area contributed by atoms with E-state index < -0.39 is 0 Å². The Balaban J connectivity index is 2.22. The van der Waals surface area contributed by atoms with E-state index in [4.69, 9.17) is 0 Å². The number of carbonyl (C=O) groups is 1. The van der Waals surface area contributed by atoms with Gasteiger partial charge in [0.25, 0.3) is 0 Å². The zero-order valence-electron chi connectivity index (χ0n) is 11.9. The summed E-state index contributed by atoms with van der Waals surface area (Å²) in [6, 6.07) is 8.48. The Bertz CT molecular complexity index is 445. The third kappa shape index (κ3) is 2.58. The fraction of sp³-hybridized carbons (Fsp3) is 0.562. The normalized spacial score (nSPS) is 19.6. The maximum Gasteiger partial charge on any atom is 0.157 e. The summed E-state index contributed by atoms with van der Waals surface area (Å²) in [6.07, 6.45) is 1.13. The molecular weight excluding hydrogens is 222 g/mol. The SMILES string of the molecule is CC1CCN(CC(=O)C(C)(C)C)c2ccccc21. The lowest BCUT2D eigenvalue weighted by molar-refractivity contribution is -0.124.